The van der Waals surface area contributed by atoms with Crippen LogP contribution in [0.15, 0.2) is 28.7 Å². The van der Waals surface area contributed by atoms with E-state index in [9.17, 15) is 18.3 Å². The van der Waals surface area contributed by atoms with Crippen molar-refractivity contribution >= 4 is 31.7 Å². The van der Waals surface area contributed by atoms with Crippen molar-refractivity contribution in [2.24, 2.45) is 5.41 Å². The minimum Gasteiger partial charge on any atom is -0.481 e. The quantitative estimate of drug-likeness (QED) is 0.821. The Morgan fingerprint density at radius 1 is 1.38 bits per heavy atom. The van der Waals surface area contributed by atoms with Gasteiger partial charge in [0.1, 0.15) is 5.41 Å². The van der Waals surface area contributed by atoms with Crippen molar-refractivity contribution in [2.45, 2.75) is 18.1 Å². The molecular weight excluding hydrogens is 360 g/mol. The Hall–Kier alpha value is -0.920. The lowest BCUT2D eigenvalue weighted by Crippen LogP contribution is -2.29. The molecular formula is C14H17BrO5S. The molecule has 0 radical (unpaired) electrons. The summed E-state index contributed by atoms with van der Waals surface area (Å²) in [6.45, 7) is 1.42. The average Bonchev–Trinajstić information content (AvgIpc) is 3.11. The summed E-state index contributed by atoms with van der Waals surface area (Å²) >= 11 is 3.31. The Labute approximate surface area is 132 Å². The molecule has 1 aliphatic rings. The van der Waals surface area contributed by atoms with Gasteiger partial charge in [-0.25, -0.2) is 8.42 Å². The minimum absolute atomic E-state index is 0.0799. The Kier molecular flexibility index (Phi) is 4.46. The second-order valence-electron chi connectivity index (χ2n) is 5.18. The molecule has 0 unspecified atom stereocenters. The molecule has 1 fully saturated rings. The molecule has 1 aromatic rings. The van der Waals surface area contributed by atoms with Crippen LogP contribution in [0.1, 0.15) is 18.4 Å². The van der Waals surface area contributed by atoms with E-state index in [1.54, 1.807) is 24.3 Å². The number of carboxylic acids is 1. The van der Waals surface area contributed by atoms with E-state index in [1.807, 2.05) is 0 Å². The summed E-state index contributed by atoms with van der Waals surface area (Å²) in [6, 6.07) is 7.08. The first-order chi connectivity index (χ1) is 9.81. The highest BCUT2D eigenvalue weighted by molar-refractivity contribution is 9.10. The SMILES string of the molecule is CCS(=O)(=O)[C@@H]1[C@H](c2ccc(Br)cc2)[C@]1(COC)C(=O)O. The fraction of sp³-hybridized carbons (Fsp3) is 0.500. The molecule has 2 rings (SSSR count). The standard InChI is InChI=1S/C14H17BrO5S/c1-3-21(18,19)12-11(9-4-6-10(15)7-5-9)14(12,8-20-2)13(16)17/h4-7,11-12H,3,8H2,1-2H3,(H,16,17)/t11-,12+,14-/m0/s1. The molecule has 0 spiro atoms. The van der Waals surface area contributed by atoms with Gasteiger partial charge in [-0.05, 0) is 17.7 Å². The third-order valence-electron chi connectivity index (χ3n) is 4.06. The summed E-state index contributed by atoms with van der Waals surface area (Å²) in [5.74, 6) is -1.78. The number of ether oxygens (including phenoxy) is 1. The predicted molar refractivity (Wildman–Crippen MR) is 82.1 cm³/mol. The minimum atomic E-state index is -3.48. The number of methoxy groups -OCH3 is 1. The molecule has 1 saturated carbocycles. The molecule has 1 aliphatic carbocycles. The summed E-state index contributed by atoms with van der Waals surface area (Å²) in [5, 5.41) is 8.66. The number of halogens is 1. The maximum Gasteiger partial charge on any atom is 0.314 e. The third-order valence-corrected chi connectivity index (χ3v) is 6.86. The van der Waals surface area contributed by atoms with Crippen LogP contribution in [0.3, 0.4) is 0 Å². The summed E-state index contributed by atoms with van der Waals surface area (Å²) in [7, 11) is -2.09. The van der Waals surface area contributed by atoms with Gasteiger partial charge in [-0.1, -0.05) is 35.0 Å². The van der Waals surface area contributed by atoms with Gasteiger partial charge < -0.3 is 9.84 Å². The van der Waals surface area contributed by atoms with Crippen LogP contribution in [-0.2, 0) is 19.4 Å². The molecule has 0 heterocycles. The van der Waals surface area contributed by atoms with Crippen LogP contribution < -0.4 is 0 Å². The van der Waals surface area contributed by atoms with E-state index in [4.69, 9.17) is 4.74 Å². The van der Waals surface area contributed by atoms with E-state index in [0.717, 1.165) is 4.47 Å². The number of benzene rings is 1. The molecule has 5 nitrogen and oxygen atoms in total. The Balaban J connectivity index is 2.51. The molecule has 116 valence electrons. The van der Waals surface area contributed by atoms with Gasteiger partial charge in [0.15, 0.2) is 9.84 Å². The largest absolute Gasteiger partial charge is 0.481 e. The lowest BCUT2D eigenvalue weighted by molar-refractivity contribution is -0.145. The van der Waals surface area contributed by atoms with E-state index in [1.165, 1.54) is 14.0 Å². The molecule has 1 N–H and O–H groups in total. The van der Waals surface area contributed by atoms with Crippen molar-refractivity contribution in [2.75, 3.05) is 19.5 Å². The topological polar surface area (TPSA) is 80.7 Å². The predicted octanol–water partition coefficient (Wildman–Crippen LogP) is 2.07. The van der Waals surface area contributed by atoms with Gasteiger partial charge in [0.05, 0.1) is 11.9 Å². The maximum absolute atomic E-state index is 12.3. The van der Waals surface area contributed by atoms with E-state index >= 15 is 0 Å². The molecule has 1 aromatic carbocycles. The number of rotatable bonds is 6. The van der Waals surface area contributed by atoms with E-state index in [2.05, 4.69) is 15.9 Å². The van der Waals surface area contributed by atoms with Crippen molar-refractivity contribution in [3.8, 4) is 0 Å². The zero-order valence-corrected chi connectivity index (χ0v) is 14.1. The molecule has 0 amide bonds. The summed E-state index contributed by atoms with van der Waals surface area (Å²) in [5.41, 5.74) is -0.683. The number of hydrogen-bond acceptors (Lipinski definition) is 4. The smallest absolute Gasteiger partial charge is 0.314 e. The normalized spacial score (nSPS) is 28.3. The van der Waals surface area contributed by atoms with E-state index < -0.39 is 32.4 Å². The molecule has 0 saturated heterocycles. The summed E-state index contributed by atoms with van der Waals surface area (Å²) < 4.78 is 30.4. The van der Waals surface area contributed by atoms with Crippen molar-refractivity contribution in [3.63, 3.8) is 0 Å². The molecule has 0 aliphatic heterocycles. The molecule has 21 heavy (non-hydrogen) atoms. The molecule has 0 bridgehead atoms. The Bertz CT molecular complexity index is 640. The van der Waals surface area contributed by atoms with Gasteiger partial charge in [0.25, 0.3) is 0 Å². The molecule has 0 aromatic heterocycles. The van der Waals surface area contributed by atoms with Crippen molar-refractivity contribution in [1.82, 2.24) is 0 Å². The highest BCUT2D eigenvalue weighted by Crippen LogP contribution is 2.63. The Morgan fingerprint density at radius 2 is 1.95 bits per heavy atom. The first-order valence-electron chi connectivity index (χ1n) is 6.50. The summed E-state index contributed by atoms with van der Waals surface area (Å²) in [6.07, 6.45) is 0. The molecule has 3 atom stereocenters. The lowest BCUT2D eigenvalue weighted by atomic mass is 10.0. The van der Waals surface area contributed by atoms with Crippen LogP contribution in [0.25, 0.3) is 0 Å². The van der Waals surface area contributed by atoms with Crippen molar-refractivity contribution in [3.05, 3.63) is 34.3 Å². The van der Waals surface area contributed by atoms with Gasteiger partial charge in [-0.15, -0.1) is 0 Å². The summed E-state index contributed by atoms with van der Waals surface area (Å²) in [4.78, 5) is 11.7. The van der Waals surface area contributed by atoms with E-state index in [0.29, 0.717) is 5.56 Å². The Morgan fingerprint density at radius 3 is 2.38 bits per heavy atom. The zero-order valence-electron chi connectivity index (χ0n) is 11.7. The van der Waals surface area contributed by atoms with Crippen LogP contribution in [0.4, 0.5) is 0 Å². The number of carbonyl (C=O) groups is 1. The van der Waals surface area contributed by atoms with Crippen LogP contribution >= 0.6 is 15.9 Å². The fourth-order valence-electron chi connectivity index (χ4n) is 2.98. The fourth-order valence-corrected chi connectivity index (χ4v) is 5.30. The number of hydrogen-bond donors (Lipinski definition) is 1. The molecule has 7 heteroatoms. The third kappa shape index (κ3) is 2.62. The second kappa shape index (κ2) is 5.70. The van der Waals surface area contributed by atoms with Gasteiger partial charge in [0, 0.05) is 23.3 Å². The number of carboxylic acid groups (broad SMARTS) is 1. The van der Waals surface area contributed by atoms with Crippen molar-refractivity contribution in [1.29, 1.82) is 0 Å². The van der Waals surface area contributed by atoms with E-state index in [-0.39, 0.29) is 12.4 Å². The van der Waals surface area contributed by atoms with Gasteiger partial charge in [-0.2, -0.15) is 0 Å². The highest BCUT2D eigenvalue weighted by atomic mass is 79.9. The average molecular weight is 377 g/mol. The number of aliphatic carboxylic acids is 1. The first kappa shape index (κ1) is 16.5. The monoisotopic (exact) mass is 376 g/mol. The van der Waals surface area contributed by atoms with Gasteiger partial charge in [-0.3, -0.25) is 4.79 Å². The van der Waals surface area contributed by atoms with Gasteiger partial charge >= 0.3 is 5.97 Å². The van der Waals surface area contributed by atoms with Crippen LogP contribution in [-0.4, -0.2) is 44.2 Å². The van der Waals surface area contributed by atoms with Gasteiger partial charge in [0.2, 0.25) is 0 Å². The number of sulfone groups is 1. The van der Waals surface area contributed by atoms with Crippen LogP contribution in [0, 0.1) is 5.41 Å². The highest BCUT2D eigenvalue weighted by Gasteiger charge is 2.75. The lowest BCUT2D eigenvalue weighted by Gasteiger charge is -2.11. The van der Waals surface area contributed by atoms with Crippen molar-refractivity contribution < 1.29 is 23.1 Å². The van der Waals surface area contributed by atoms with Crippen LogP contribution in [0.5, 0.6) is 0 Å². The second-order valence-corrected chi connectivity index (χ2v) is 8.51. The zero-order chi connectivity index (χ0) is 15.8. The van der Waals surface area contributed by atoms with Crippen LogP contribution in [0.2, 0.25) is 0 Å². The maximum atomic E-state index is 12.3. The first-order valence-corrected chi connectivity index (χ1v) is 9.01.